The minimum Gasteiger partial charge on any atom is -0.351 e. The van der Waals surface area contributed by atoms with E-state index in [1.54, 1.807) is 0 Å². The molecule has 0 spiro atoms. The van der Waals surface area contributed by atoms with E-state index in [0.29, 0.717) is 17.5 Å². The van der Waals surface area contributed by atoms with Crippen molar-refractivity contribution in [1.29, 1.82) is 0 Å². The number of rotatable bonds is 5. The molecule has 100 valence electrons. The van der Waals surface area contributed by atoms with Crippen molar-refractivity contribution in [1.82, 2.24) is 20.2 Å². The maximum atomic E-state index is 12.0. The van der Waals surface area contributed by atoms with Crippen LogP contribution in [0.4, 0.5) is 0 Å². The highest BCUT2D eigenvalue weighted by molar-refractivity contribution is 7.08. The minimum atomic E-state index is -0.0355. The molecule has 1 saturated heterocycles. The number of aromatic nitrogens is 2. The smallest absolute Gasteiger partial charge is 0.264 e. The molecule has 2 heterocycles. The molecule has 1 aromatic rings. The molecule has 0 aromatic carbocycles. The van der Waals surface area contributed by atoms with E-state index < -0.39 is 0 Å². The molecule has 18 heavy (non-hydrogen) atoms. The average molecular weight is 268 g/mol. The molecule has 0 saturated carbocycles. The van der Waals surface area contributed by atoms with Gasteiger partial charge in [0.2, 0.25) is 0 Å². The highest BCUT2D eigenvalue weighted by atomic mass is 32.1. The second-order valence-electron chi connectivity index (χ2n) is 4.98. The number of carbonyl (C=O) groups is 1. The first-order chi connectivity index (χ1) is 8.68. The lowest BCUT2D eigenvalue weighted by molar-refractivity contribution is 0.0955. The zero-order chi connectivity index (χ0) is 13.0. The molecule has 2 N–H and O–H groups in total. The Labute approximate surface area is 112 Å². The van der Waals surface area contributed by atoms with E-state index in [2.05, 4.69) is 20.2 Å². The van der Waals surface area contributed by atoms with Crippen molar-refractivity contribution in [2.75, 3.05) is 13.1 Å². The molecule has 1 amide bonds. The molecule has 6 heteroatoms. The van der Waals surface area contributed by atoms with Crippen LogP contribution in [0.1, 0.15) is 54.4 Å². The first-order valence-electron chi connectivity index (χ1n) is 6.52. The third kappa shape index (κ3) is 3.26. The summed E-state index contributed by atoms with van der Waals surface area (Å²) >= 11 is 1.18. The minimum absolute atomic E-state index is 0.0355. The lowest BCUT2D eigenvalue weighted by Gasteiger charge is -2.10. The van der Waals surface area contributed by atoms with Gasteiger partial charge < -0.3 is 10.6 Å². The normalized spacial score (nSPS) is 19.4. The molecule has 2 rings (SSSR count). The zero-order valence-electron chi connectivity index (χ0n) is 10.9. The Hall–Kier alpha value is -1.01. The van der Waals surface area contributed by atoms with Gasteiger partial charge in [0.05, 0.1) is 5.69 Å². The van der Waals surface area contributed by atoms with Gasteiger partial charge in [0.15, 0.2) is 0 Å². The molecule has 0 radical (unpaired) electrons. The van der Waals surface area contributed by atoms with Crippen LogP contribution in [0, 0.1) is 0 Å². The van der Waals surface area contributed by atoms with Gasteiger partial charge in [-0.2, -0.15) is 0 Å². The van der Waals surface area contributed by atoms with Gasteiger partial charge in [0, 0.05) is 12.6 Å². The predicted molar refractivity (Wildman–Crippen MR) is 72.0 cm³/mol. The van der Waals surface area contributed by atoms with Crippen LogP contribution in [0.25, 0.3) is 0 Å². The molecule has 0 unspecified atom stereocenters. The van der Waals surface area contributed by atoms with Crippen LogP contribution >= 0.6 is 11.5 Å². The highest BCUT2D eigenvalue weighted by Crippen LogP contribution is 2.19. The third-order valence-electron chi connectivity index (χ3n) is 3.21. The molecular weight excluding hydrogens is 248 g/mol. The number of carbonyl (C=O) groups excluding carboxylic acids is 1. The Balaban J connectivity index is 1.81. The summed E-state index contributed by atoms with van der Waals surface area (Å²) in [7, 11) is 0. The van der Waals surface area contributed by atoms with Crippen LogP contribution < -0.4 is 10.6 Å². The predicted octanol–water partition coefficient (Wildman–Crippen LogP) is 1.53. The van der Waals surface area contributed by atoms with Crippen molar-refractivity contribution in [3.05, 3.63) is 10.6 Å². The monoisotopic (exact) mass is 268 g/mol. The Bertz CT molecular complexity index is 399. The number of amides is 1. The quantitative estimate of drug-likeness (QED) is 0.850. The fourth-order valence-corrected chi connectivity index (χ4v) is 2.91. The van der Waals surface area contributed by atoms with Crippen molar-refractivity contribution in [2.45, 2.75) is 45.1 Å². The number of hydrogen-bond acceptors (Lipinski definition) is 5. The number of nitrogens with zero attached hydrogens (tertiary/aromatic N) is 2. The van der Waals surface area contributed by atoms with Crippen molar-refractivity contribution >= 4 is 17.4 Å². The molecule has 1 fully saturated rings. The van der Waals surface area contributed by atoms with Crippen LogP contribution in [0.5, 0.6) is 0 Å². The molecule has 0 aliphatic carbocycles. The summed E-state index contributed by atoms with van der Waals surface area (Å²) in [6.07, 6.45) is 3.46. The molecule has 1 aliphatic heterocycles. The SMILES string of the molecule is CC(C)c1nnsc1C(=O)NCC[C@H]1CCCN1. The van der Waals surface area contributed by atoms with E-state index in [4.69, 9.17) is 0 Å². The van der Waals surface area contributed by atoms with E-state index in [0.717, 1.165) is 18.7 Å². The highest BCUT2D eigenvalue weighted by Gasteiger charge is 2.19. The van der Waals surface area contributed by atoms with Crippen molar-refractivity contribution in [2.24, 2.45) is 0 Å². The molecule has 1 aromatic heterocycles. The molecule has 5 nitrogen and oxygen atoms in total. The lowest BCUT2D eigenvalue weighted by Crippen LogP contribution is -2.30. The van der Waals surface area contributed by atoms with Gasteiger partial charge in [-0.3, -0.25) is 4.79 Å². The lowest BCUT2D eigenvalue weighted by atomic mass is 10.1. The standard InChI is InChI=1S/C12H20N4OS/c1-8(2)10-11(18-16-15-10)12(17)14-7-5-9-4-3-6-13-9/h8-9,13H,3-7H2,1-2H3,(H,14,17)/t9-/m1/s1. The first kappa shape index (κ1) is 13.4. The topological polar surface area (TPSA) is 66.9 Å². The number of hydrogen-bond donors (Lipinski definition) is 2. The second kappa shape index (κ2) is 6.24. The fraction of sp³-hybridized carbons (Fsp3) is 0.750. The van der Waals surface area contributed by atoms with Crippen LogP contribution in [-0.2, 0) is 0 Å². The Morgan fingerprint density at radius 2 is 2.44 bits per heavy atom. The van der Waals surface area contributed by atoms with Gasteiger partial charge in [0.25, 0.3) is 5.91 Å². The molecule has 1 aliphatic rings. The van der Waals surface area contributed by atoms with Gasteiger partial charge in [-0.1, -0.05) is 18.3 Å². The van der Waals surface area contributed by atoms with Crippen LogP contribution in [-0.4, -0.2) is 34.6 Å². The van der Waals surface area contributed by atoms with Gasteiger partial charge in [-0.05, 0) is 43.3 Å². The van der Waals surface area contributed by atoms with Crippen LogP contribution in [0.15, 0.2) is 0 Å². The molecule has 1 atom stereocenters. The van der Waals surface area contributed by atoms with Crippen LogP contribution in [0.2, 0.25) is 0 Å². The van der Waals surface area contributed by atoms with Crippen molar-refractivity contribution in [3.8, 4) is 0 Å². The maximum Gasteiger partial charge on any atom is 0.264 e. The van der Waals surface area contributed by atoms with E-state index in [1.807, 2.05) is 13.8 Å². The van der Waals surface area contributed by atoms with Gasteiger partial charge in [-0.15, -0.1) is 5.10 Å². The summed E-state index contributed by atoms with van der Waals surface area (Å²) in [6.45, 7) is 5.87. The summed E-state index contributed by atoms with van der Waals surface area (Å²) in [6, 6.07) is 0.564. The van der Waals surface area contributed by atoms with Crippen molar-refractivity contribution < 1.29 is 4.79 Å². The Kier molecular flexibility index (Phi) is 4.66. The van der Waals surface area contributed by atoms with Gasteiger partial charge >= 0.3 is 0 Å². The van der Waals surface area contributed by atoms with Gasteiger partial charge in [0.1, 0.15) is 4.88 Å². The second-order valence-corrected chi connectivity index (χ2v) is 5.73. The largest absolute Gasteiger partial charge is 0.351 e. The third-order valence-corrected chi connectivity index (χ3v) is 3.95. The molecular formula is C12H20N4OS. The summed E-state index contributed by atoms with van der Waals surface area (Å²) in [5.74, 6) is 0.202. The summed E-state index contributed by atoms with van der Waals surface area (Å²) in [5.41, 5.74) is 0.802. The van der Waals surface area contributed by atoms with Crippen molar-refractivity contribution in [3.63, 3.8) is 0 Å². The van der Waals surface area contributed by atoms with E-state index in [9.17, 15) is 4.79 Å². The maximum absolute atomic E-state index is 12.0. The Morgan fingerprint density at radius 1 is 1.61 bits per heavy atom. The Morgan fingerprint density at radius 3 is 3.11 bits per heavy atom. The average Bonchev–Trinajstić information content (AvgIpc) is 2.99. The van der Waals surface area contributed by atoms with E-state index in [1.165, 1.54) is 24.4 Å². The summed E-state index contributed by atoms with van der Waals surface area (Å²) < 4.78 is 3.87. The first-order valence-corrected chi connectivity index (χ1v) is 7.29. The summed E-state index contributed by atoms with van der Waals surface area (Å²) in [4.78, 5) is 12.7. The zero-order valence-corrected chi connectivity index (χ0v) is 11.7. The fourth-order valence-electron chi connectivity index (χ4n) is 2.18. The number of nitrogens with one attached hydrogen (secondary N) is 2. The summed E-state index contributed by atoms with van der Waals surface area (Å²) in [5, 5.41) is 10.4. The molecule has 0 bridgehead atoms. The van der Waals surface area contributed by atoms with Crippen LogP contribution in [0.3, 0.4) is 0 Å². The van der Waals surface area contributed by atoms with E-state index in [-0.39, 0.29) is 11.8 Å². The van der Waals surface area contributed by atoms with E-state index >= 15 is 0 Å². The van der Waals surface area contributed by atoms with Gasteiger partial charge in [-0.25, -0.2) is 0 Å².